The van der Waals surface area contributed by atoms with Gasteiger partial charge in [0.15, 0.2) is 0 Å². The molecule has 28 heavy (non-hydrogen) atoms. The number of hydrogen-bond acceptors (Lipinski definition) is 2. The van der Waals surface area contributed by atoms with Crippen LogP contribution in [0.4, 0.5) is 5.69 Å². The normalized spacial score (nSPS) is 36.9. The maximum Gasteiger partial charge on any atom is 0.139 e. The largest absolute Gasteiger partial charge is 0.378 e. The van der Waals surface area contributed by atoms with Crippen molar-refractivity contribution in [1.82, 2.24) is 0 Å². The molecule has 4 aliphatic rings. The third kappa shape index (κ3) is 2.86. The molecule has 0 bridgehead atoms. The summed E-state index contributed by atoms with van der Waals surface area (Å²) in [6.45, 7) is 0. The molecule has 0 heterocycles. The Balaban J connectivity index is 1.42. The lowest BCUT2D eigenvalue weighted by Crippen LogP contribution is -2.48. The van der Waals surface area contributed by atoms with Crippen LogP contribution in [0.5, 0.6) is 0 Å². The van der Waals surface area contributed by atoms with Crippen molar-refractivity contribution in [3.05, 3.63) is 41.5 Å². The van der Waals surface area contributed by atoms with E-state index in [1.54, 1.807) is 5.57 Å². The van der Waals surface area contributed by atoms with Gasteiger partial charge in [0.1, 0.15) is 5.78 Å². The third-order valence-electron chi connectivity index (χ3n) is 8.80. The van der Waals surface area contributed by atoms with Gasteiger partial charge in [0.25, 0.3) is 0 Å². The standard InChI is InChI=1S/C26H35NO/c1-27(2)20-10-7-18(8-11-20)17-26-16-15-22-21-6-4-3-5-19(21)9-12-23(22)24(26)13-14-25(26)28/h5,7-8,10-11,21-24H,3-4,6,9,12-17H2,1-2H3/t21-,22+,23+,24-,26+/m0/s1. The highest BCUT2D eigenvalue weighted by Gasteiger charge is 2.58. The number of allylic oxidation sites excluding steroid dienone is 2. The Hall–Kier alpha value is -1.57. The van der Waals surface area contributed by atoms with Crippen LogP contribution in [0.3, 0.4) is 0 Å². The number of hydrogen-bond donors (Lipinski definition) is 0. The van der Waals surface area contributed by atoms with E-state index in [1.165, 1.54) is 49.8 Å². The smallest absolute Gasteiger partial charge is 0.139 e. The van der Waals surface area contributed by atoms with Crippen LogP contribution in [0.15, 0.2) is 35.9 Å². The number of rotatable bonds is 3. The minimum Gasteiger partial charge on any atom is -0.378 e. The number of carbonyl (C=O) groups is 1. The summed E-state index contributed by atoms with van der Waals surface area (Å²) in [6, 6.07) is 8.96. The average Bonchev–Trinajstić information content (AvgIpc) is 3.04. The molecule has 3 fully saturated rings. The highest BCUT2D eigenvalue weighted by Crippen LogP contribution is 2.61. The van der Waals surface area contributed by atoms with Crippen molar-refractivity contribution in [2.45, 2.75) is 64.2 Å². The predicted molar refractivity (Wildman–Crippen MR) is 116 cm³/mol. The van der Waals surface area contributed by atoms with Crippen molar-refractivity contribution < 1.29 is 4.79 Å². The Bertz CT molecular complexity index is 776. The van der Waals surface area contributed by atoms with Crippen molar-refractivity contribution in [2.24, 2.45) is 29.1 Å². The van der Waals surface area contributed by atoms with E-state index in [9.17, 15) is 4.79 Å². The van der Waals surface area contributed by atoms with Gasteiger partial charge in [-0.3, -0.25) is 4.79 Å². The molecular weight excluding hydrogens is 342 g/mol. The zero-order chi connectivity index (χ0) is 19.3. The number of benzene rings is 1. The van der Waals surface area contributed by atoms with E-state index in [2.05, 4.69) is 49.3 Å². The van der Waals surface area contributed by atoms with E-state index in [-0.39, 0.29) is 5.41 Å². The summed E-state index contributed by atoms with van der Waals surface area (Å²) >= 11 is 0. The molecule has 0 saturated heterocycles. The summed E-state index contributed by atoms with van der Waals surface area (Å²) in [7, 11) is 4.17. The molecule has 1 aromatic carbocycles. The van der Waals surface area contributed by atoms with Crippen LogP contribution >= 0.6 is 0 Å². The van der Waals surface area contributed by atoms with Crippen molar-refractivity contribution in [2.75, 3.05) is 19.0 Å². The predicted octanol–water partition coefficient (Wildman–Crippen LogP) is 5.81. The number of fused-ring (bicyclic) bond motifs is 5. The zero-order valence-electron chi connectivity index (χ0n) is 17.6. The number of nitrogens with zero attached hydrogens (tertiary/aromatic N) is 1. The van der Waals surface area contributed by atoms with Gasteiger partial charge in [-0.05, 0) is 99.2 Å². The van der Waals surface area contributed by atoms with Crippen LogP contribution in [0, 0.1) is 29.1 Å². The van der Waals surface area contributed by atoms with Crippen LogP contribution in [0.1, 0.15) is 63.4 Å². The molecule has 0 aromatic heterocycles. The minimum atomic E-state index is -0.0588. The fourth-order valence-corrected chi connectivity index (χ4v) is 7.48. The molecule has 0 unspecified atom stereocenters. The monoisotopic (exact) mass is 377 g/mol. The summed E-state index contributed by atoms with van der Waals surface area (Å²) in [6.07, 6.45) is 14.7. The van der Waals surface area contributed by atoms with Gasteiger partial charge in [0, 0.05) is 31.6 Å². The molecular formula is C26H35NO. The molecule has 0 aliphatic heterocycles. The summed E-state index contributed by atoms with van der Waals surface area (Å²) in [5, 5.41) is 0. The van der Waals surface area contributed by atoms with E-state index in [0.29, 0.717) is 11.7 Å². The van der Waals surface area contributed by atoms with Gasteiger partial charge in [-0.25, -0.2) is 0 Å². The highest BCUT2D eigenvalue weighted by atomic mass is 16.1. The van der Waals surface area contributed by atoms with Crippen molar-refractivity contribution in [1.29, 1.82) is 0 Å². The fourth-order valence-electron chi connectivity index (χ4n) is 7.48. The second-order valence-corrected chi connectivity index (χ2v) is 10.2. The minimum absolute atomic E-state index is 0.0588. The molecule has 5 atom stereocenters. The Labute approximate surface area is 170 Å². The summed E-state index contributed by atoms with van der Waals surface area (Å²) in [4.78, 5) is 15.4. The van der Waals surface area contributed by atoms with Gasteiger partial charge in [0.05, 0.1) is 0 Å². The molecule has 0 radical (unpaired) electrons. The highest BCUT2D eigenvalue weighted by molar-refractivity contribution is 5.88. The summed E-state index contributed by atoms with van der Waals surface area (Å²) in [5.74, 6) is 3.72. The molecule has 2 nitrogen and oxygen atoms in total. The molecule has 1 aromatic rings. The van der Waals surface area contributed by atoms with Gasteiger partial charge in [-0.1, -0.05) is 23.8 Å². The number of ketones is 1. The summed E-state index contributed by atoms with van der Waals surface area (Å²) < 4.78 is 0. The van der Waals surface area contributed by atoms with Gasteiger partial charge in [0.2, 0.25) is 0 Å². The van der Waals surface area contributed by atoms with E-state index >= 15 is 0 Å². The molecule has 0 N–H and O–H groups in total. The number of carbonyl (C=O) groups excluding carboxylic acids is 1. The lowest BCUT2D eigenvalue weighted by molar-refractivity contribution is -0.132. The van der Waals surface area contributed by atoms with Gasteiger partial charge in [-0.2, -0.15) is 0 Å². The molecule has 2 heteroatoms. The maximum absolute atomic E-state index is 13.2. The van der Waals surface area contributed by atoms with E-state index in [4.69, 9.17) is 0 Å². The summed E-state index contributed by atoms with van der Waals surface area (Å²) in [5.41, 5.74) is 4.32. The maximum atomic E-state index is 13.2. The Morgan fingerprint density at radius 1 is 1.00 bits per heavy atom. The second-order valence-electron chi connectivity index (χ2n) is 10.2. The van der Waals surface area contributed by atoms with Crippen LogP contribution in [0.2, 0.25) is 0 Å². The van der Waals surface area contributed by atoms with Crippen molar-refractivity contribution >= 4 is 11.5 Å². The van der Waals surface area contributed by atoms with Crippen LogP contribution < -0.4 is 4.90 Å². The lowest BCUT2D eigenvalue weighted by atomic mass is 9.51. The topological polar surface area (TPSA) is 20.3 Å². The molecule has 150 valence electrons. The first-order valence-electron chi connectivity index (χ1n) is 11.6. The Morgan fingerprint density at radius 3 is 2.61 bits per heavy atom. The fraction of sp³-hybridized carbons (Fsp3) is 0.654. The van der Waals surface area contributed by atoms with Crippen molar-refractivity contribution in [3.63, 3.8) is 0 Å². The van der Waals surface area contributed by atoms with Crippen LogP contribution in [0.25, 0.3) is 0 Å². The SMILES string of the molecule is CN(C)c1ccc(C[C@]23CC[C@H]4[C@@H](CCC5=CCCC[C@@H]54)[C@@H]2CCC3=O)cc1. The molecule has 0 amide bonds. The zero-order valence-corrected chi connectivity index (χ0v) is 17.6. The first-order chi connectivity index (χ1) is 13.6. The first kappa shape index (κ1) is 18.5. The van der Waals surface area contributed by atoms with Crippen molar-refractivity contribution in [3.8, 4) is 0 Å². The Morgan fingerprint density at radius 2 is 1.82 bits per heavy atom. The Kier molecular flexibility index (Phi) is 4.64. The second kappa shape index (κ2) is 7.04. The van der Waals surface area contributed by atoms with Gasteiger partial charge in [-0.15, -0.1) is 0 Å². The number of anilines is 1. The van der Waals surface area contributed by atoms with E-state index in [1.807, 2.05) is 0 Å². The molecule has 3 saturated carbocycles. The molecule has 4 aliphatic carbocycles. The van der Waals surface area contributed by atoms with Gasteiger partial charge >= 0.3 is 0 Å². The van der Waals surface area contributed by atoms with E-state index < -0.39 is 0 Å². The molecule has 5 rings (SSSR count). The molecule has 0 spiro atoms. The number of Topliss-reactive ketones (excluding diaryl/α,β-unsaturated/α-hetero) is 1. The van der Waals surface area contributed by atoms with Crippen LogP contribution in [-0.2, 0) is 11.2 Å². The third-order valence-corrected chi connectivity index (χ3v) is 8.80. The average molecular weight is 378 g/mol. The van der Waals surface area contributed by atoms with E-state index in [0.717, 1.165) is 43.4 Å². The van der Waals surface area contributed by atoms with Crippen LogP contribution in [-0.4, -0.2) is 19.9 Å². The lowest BCUT2D eigenvalue weighted by Gasteiger charge is -2.53. The first-order valence-corrected chi connectivity index (χ1v) is 11.6. The van der Waals surface area contributed by atoms with Gasteiger partial charge < -0.3 is 4.90 Å². The quantitative estimate of drug-likeness (QED) is 0.620.